The molecule has 2 aliphatic rings. The number of amides is 2. The van der Waals surface area contributed by atoms with Crippen molar-refractivity contribution in [3.05, 3.63) is 0 Å². The van der Waals surface area contributed by atoms with Crippen LogP contribution in [0.5, 0.6) is 0 Å². The van der Waals surface area contributed by atoms with Gasteiger partial charge >= 0.3 is 12.0 Å². The van der Waals surface area contributed by atoms with Gasteiger partial charge < -0.3 is 15.3 Å². The van der Waals surface area contributed by atoms with E-state index in [1.165, 1.54) is 17.7 Å². The number of rotatable bonds is 4. The number of likely N-dealkylation sites (tertiary alicyclic amines) is 1. The van der Waals surface area contributed by atoms with Gasteiger partial charge in [-0.3, -0.25) is 0 Å². The largest absolute Gasteiger partial charge is 0.480 e. The molecule has 0 aromatic carbocycles. The predicted octanol–water partition coefficient (Wildman–Crippen LogP) is 1.82. The molecule has 0 radical (unpaired) electrons. The third-order valence-corrected chi connectivity index (χ3v) is 3.80. The summed E-state index contributed by atoms with van der Waals surface area (Å²) in [6, 6.07) is -0.719. The second-order valence-corrected chi connectivity index (χ2v) is 5.57. The van der Waals surface area contributed by atoms with Crippen LogP contribution < -0.4 is 5.32 Å². The highest BCUT2D eigenvalue weighted by Crippen LogP contribution is 2.33. The van der Waals surface area contributed by atoms with Gasteiger partial charge in [-0.1, -0.05) is 12.8 Å². The summed E-state index contributed by atoms with van der Waals surface area (Å²) in [5.41, 5.74) is 0. The lowest BCUT2D eigenvalue weighted by atomic mass is 10.0. The Morgan fingerprint density at radius 1 is 1.33 bits per heavy atom. The molecule has 2 rings (SSSR count). The zero-order valence-corrected chi connectivity index (χ0v) is 10.9. The van der Waals surface area contributed by atoms with E-state index in [0.29, 0.717) is 13.0 Å². The number of carbonyl (C=O) groups excluding carboxylic acids is 1. The van der Waals surface area contributed by atoms with Crippen LogP contribution in [-0.2, 0) is 4.79 Å². The van der Waals surface area contributed by atoms with Crippen molar-refractivity contribution < 1.29 is 14.7 Å². The van der Waals surface area contributed by atoms with Crippen molar-refractivity contribution >= 4 is 12.0 Å². The summed E-state index contributed by atoms with van der Waals surface area (Å²) >= 11 is 0. The van der Waals surface area contributed by atoms with Crippen molar-refractivity contribution in [3.8, 4) is 0 Å². The quantitative estimate of drug-likeness (QED) is 0.804. The van der Waals surface area contributed by atoms with Gasteiger partial charge in [0, 0.05) is 12.6 Å². The minimum Gasteiger partial charge on any atom is -0.480 e. The monoisotopic (exact) mass is 254 g/mol. The van der Waals surface area contributed by atoms with Crippen LogP contribution in [0.2, 0.25) is 0 Å². The standard InChI is InChI=1S/C13H22N2O3/c1-9(8-10-5-6-10)14-13(18)15-7-3-2-4-11(15)12(16)17/h9-11H,2-8H2,1H3,(H,14,18)(H,16,17). The van der Waals surface area contributed by atoms with Gasteiger partial charge in [-0.25, -0.2) is 9.59 Å². The minimum absolute atomic E-state index is 0.140. The van der Waals surface area contributed by atoms with E-state index in [1.807, 2.05) is 6.92 Å². The Bertz CT molecular complexity index is 328. The van der Waals surface area contributed by atoms with Crippen LogP contribution in [0.3, 0.4) is 0 Å². The molecule has 1 saturated heterocycles. The first-order chi connectivity index (χ1) is 8.58. The van der Waals surface area contributed by atoms with Gasteiger partial charge in [0.1, 0.15) is 6.04 Å². The van der Waals surface area contributed by atoms with Gasteiger partial charge in [-0.05, 0) is 38.5 Å². The molecule has 1 saturated carbocycles. The first-order valence-electron chi connectivity index (χ1n) is 6.88. The van der Waals surface area contributed by atoms with Crippen LogP contribution in [0.1, 0.15) is 45.4 Å². The molecule has 2 amide bonds. The van der Waals surface area contributed by atoms with Gasteiger partial charge in [0.15, 0.2) is 0 Å². The van der Waals surface area contributed by atoms with Crippen LogP contribution in [0.25, 0.3) is 0 Å². The smallest absolute Gasteiger partial charge is 0.326 e. The van der Waals surface area contributed by atoms with Gasteiger partial charge in [-0.15, -0.1) is 0 Å². The number of nitrogens with one attached hydrogen (secondary N) is 1. The molecule has 5 heteroatoms. The predicted molar refractivity (Wildman–Crippen MR) is 67.3 cm³/mol. The SMILES string of the molecule is CC(CC1CC1)NC(=O)N1CCCCC1C(=O)O. The Morgan fingerprint density at radius 3 is 2.67 bits per heavy atom. The maximum absolute atomic E-state index is 12.1. The molecule has 0 bridgehead atoms. The van der Waals surface area contributed by atoms with E-state index in [2.05, 4.69) is 5.32 Å². The highest BCUT2D eigenvalue weighted by Gasteiger charge is 2.33. The van der Waals surface area contributed by atoms with Crippen molar-refractivity contribution in [2.75, 3.05) is 6.54 Å². The Morgan fingerprint density at radius 2 is 2.06 bits per heavy atom. The number of hydrogen-bond acceptors (Lipinski definition) is 2. The Labute approximate surface area is 108 Å². The maximum Gasteiger partial charge on any atom is 0.326 e. The third kappa shape index (κ3) is 3.37. The van der Waals surface area contributed by atoms with Crippen LogP contribution in [0.15, 0.2) is 0 Å². The van der Waals surface area contributed by atoms with Crippen LogP contribution in [0, 0.1) is 5.92 Å². The zero-order chi connectivity index (χ0) is 13.1. The van der Waals surface area contributed by atoms with E-state index in [9.17, 15) is 9.59 Å². The number of carboxylic acid groups (broad SMARTS) is 1. The Kier molecular flexibility index (Phi) is 4.09. The lowest BCUT2D eigenvalue weighted by Gasteiger charge is -2.33. The van der Waals surface area contributed by atoms with E-state index in [-0.39, 0.29) is 12.1 Å². The Balaban J connectivity index is 1.86. The lowest BCUT2D eigenvalue weighted by Crippen LogP contribution is -2.53. The van der Waals surface area contributed by atoms with Gasteiger partial charge in [0.05, 0.1) is 0 Å². The molecule has 2 atom stereocenters. The second-order valence-electron chi connectivity index (χ2n) is 5.57. The van der Waals surface area contributed by atoms with E-state index in [4.69, 9.17) is 5.11 Å². The third-order valence-electron chi connectivity index (χ3n) is 3.80. The Hall–Kier alpha value is -1.26. The number of piperidine rings is 1. The van der Waals surface area contributed by atoms with Crippen LogP contribution in [0.4, 0.5) is 4.79 Å². The molecular formula is C13H22N2O3. The van der Waals surface area contributed by atoms with Crippen LogP contribution >= 0.6 is 0 Å². The molecule has 0 spiro atoms. The fraction of sp³-hybridized carbons (Fsp3) is 0.846. The summed E-state index contributed by atoms with van der Waals surface area (Å²) in [6.45, 7) is 2.55. The van der Waals surface area contributed by atoms with E-state index >= 15 is 0 Å². The maximum atomic E-state index is 12.1. The van der Waals surface area contributed by atoms with E-state index in [0.717, 1.165) is 25.2 Å². The molecule has 18 heavy (non-hydrogen) atoms. The zero-order valence-electron chi connectivity index (χ0n) is 10.9. The summed E-state index contributed by atoms with van der Waals surface area (Å²) in [7, 11) is 0. The topological polar surface area (TPSA) is 69.6 Å². The summed E-state index contributed by atoms with van der Waals surface area (Å²) in [5.74, 6) is -0.128. The van der Waals surface area contributed by atoms with Crippen molar-refractivity contribution in [2.24, 2.45) is 5.92 Å². The van der Waals surface area contributed by atoms with Crippen molar-refractivity contribution in [2.45, 2.75) is 57.5 Å². The number of carboxylic acids is 1. The molecule has 0 aromatic heterocycles. The molecule has 2 unspecified atom stereocenters. The second kappa shape index (κ2) is 5.59. The van der Waals surface area contributed by atoms with E-state index in [1.54, 1.807) is 0 Å². The fourth-order valence-corrected chi connectivity index (χ4v) is 2.64. The normalized spacial score (nSPS) is 25.6. The summed E-state index contributed by atoms with van der Waals surface area (Å²) in [6.07, 6.45) is 5.90. The first-order valence-corrected chi connectivity index (χ1v) is 6.88. The molecule has 1 aliphatic heterocycles. The highest BCUT2D eigenvalue weighted by molar-refractivity contribution is 5.83. The van der Waals surface area contributed by atoms with Crippen molar-refractivity contribution in [1.29, 1.82) is 0 Å². The minimum atomic E-state index is -0.889. The molecule has 2 N–H and O–H groups in total. The number of hydrogen-bond donors (Lipinski definition) is 2. The van der Waals surface area contributed by atoms with Crippen molar-refractivity contribution in [1.82, 2.24) is 10.2 Å². The molecular weight excluding hydrogens is 232 g/mol. The molecule has 1 heterocycles. The van der Waals surface area contributed by atoms with Crippen LogP contribution in [-0.4, -0.2) is 40.6 Å². The number of urea groups is 1. The van der Waals surface area contributed by atoms with Gasteiger partial charge in [0.25, 0.3) is 0 Å². The lowest BCUT2D eigenvalue weighted by molar-refractivity contribution is -0.143. The number of carbonyl (C=O) groups is 2. The average molecular weight is 254 g/mol. The summed E-state index contributed by atoms with van der Waals surface area (Å²) < 4.78 is 0. The van der Waals surface area contributed by atoms with Crippen molar-refractivity contribution in [3.63, 3.8) is 0 Å². The average Bonchev–Trinajstić information content (AvgIpc) is 3.12. The van der Waals surface area contributed by atoms with Gasteiger partial charge in [0.2, 0.25) is 0 Å². The molecule has 1 aliphatic carbocycles. The van der Waals surface area contributed by atoms with E-state index < -0.39 is 12.0 Å². The first kappa shape index (κ1) is 13.2. The number of aliphatic carboxylic acids is 1. The summed E-state index contributed by atoms with van der Waals surface area (Å²) in [4.78, 5) is 24.7. The summed E-state index contributed by atoms with van der Waals surface area (Å²) in [5, 5.41) is 12.1. The number of nitrogens with zero attached hydrogens (tertiary/aromatic N) is 1. The molecule has 5 nitrogen and oxygen atoms in total. The fourth-order valence-electron chi connectivity index (χ4n) is 2.64. The molecule has 102 valence electrons. The molecule has 0 aromatic rings. The van der Waals surface area contributed by atoms with Gasteiger partial charge in [-0.2, -0.15) is 0 Å². The highest BCUT2D eigenvalue weighted by atomic mass is 16.4. The molecule has 2 fully saturated rings.